The molecule has 0 fully saturated rings. The van der Waals surface area contributed by atoms with Crippen molar-refractivity contribution in [1.29, 1.82) is 0 Å². The van der Waals surface area contributed by atoms with Crippen molar-refractivity contribution in [3.63, 3.8) is 0 Å². The number of carbonyl (C=O) groups is 1. The largest absolute Gasteiger partial charge is 0.476 e. The van der Waals surface area contributed by atoms with Crippen LogP contribution in [0.3, 0.4) is 0 Å². The second-order valence-corrected chi connectivity index (χ2v) is 6.13. The van der Waals surface area contributed by atoms with Gasteiger partial charge < -0.3 is 10.4 Å². The van der Waals surface area contributed by atoms with Crippen LogP contribution in [-0.2, 0) is 6.42 Å². The standard InChI is InChI=1S/C12H11BrN2O2S/c13-10-4-3-8(18-10)5-7-14-9-2-1-6-15-11(9)12(16)17/h1-4,6,14H,5,7H2,(H,16,17). The molecule has 0 bridgehead atoms. The number of rotatable bonds is 5. The number of carboxylic acids is 1. The smallest absolute Gasteiger partial charge is 0.356 e. The van der Waals surface area contributed by atoms with Gasteiger partial charge in [-0.15, -0.1) is 11.3 Å². The Labute approximate surface area is 117 Å². The van der Waals surface area contributed by atoms with Gasteiger partial charge in [0.15, 0.2) is 5.69 Å². The topological polar surface area (TPSA) is 62.2 Å². The van der Waals surface area contributed by atoms with E-state index in [0.29, 0.717) is 12.2 Å². The minimum atomic E-state index is -1.02. The molecule has 0 aliphatic rings. The third-order valence-electron chi connectivity index (χ3n) is 2.33. The molecule has 0 radical (unpaired) electrons. The normalized spacial score (nSPS) is 10.3. The molecule has 6 heteroatoms. The minimum Gasteiger partial charge on any atom is -0.476 e. The van der Waals surface area contributed by atoms with Crippen LogP contribution in [-0.4, -0.2) is 22.6 Å². The molecule has 0 atom stereocenters. The van der Waals surface area contributed by atoms with E-state index in [1.807, 2.05) is 6.07 Å². The van der Waals surface area contributed by atoms with Gasteiger partial charge in [0.1, 0.15) is 0 Å². The summed E-state index contributed by atoms with van der Waals surface area (Å²) in [5.41, 5.74) is 0.616. The van der Waals surface area contributed by atoms with Crippen molar-refractivity contribution in [2.24, 2.45) is 0 Å². The summed E-state index contributed by atoms with van der Waals surface area (Å²) in [5.74, 6) is -1.02. The van der Waals surface area contributed by atoms with E-state index in [2.05, 4.69) is 32.3 Å². The number of halogens is 1. The summed E-state index contributed by atoms with van der Waals surface area (Å²) in [5, 5.41) is 12.1. The summed E-state index contributed by atoms with van der Waals surface area (Å²) < 4.78 is 1.10. The van der Waals surface area contributed by atoms with Crippen LogP contribution in [0.25, 0.3) is 0 Å². The fourth-order valence-electron chi connectivity index (χ4n) is 1.52. The maximum Gasteiger partial charge on any atom is 0.356 e. The highest BCUT2D eigenvalue weighted by molar-refractivity contribution is 9.11. The lowest BCUT2D eigenvalue weighted by Crippen LogP contribution is -2.10. The number of nitrogens with one attached hydrogen (secondary N) is 1. The molecule has 4 nitrogen and oxygen atoms in total. The van der Waals surface area contributed by atoms with E-state index in [4.69, 9.17) is 5.11 Å². The molecule has 0 unspecified atom stereocenters. The van der Waals surface area contributed by atoms with Gasteiger partial charge in [-0.3, -0.25) is 0 Å². The van der Waals surface area contributed by atoms with Crippen LogP contribution < -0.4 is 5.32 Å². The average Bonchev–Trinajstić information content (AvgIpc) is 2.75. The Balaban J connectivity index is 1.96. The van der Waals surface area contributed by atoms with Crippen LogP contribution in [0.1, 0.15) is 15.4 Å². The molecule has 18 heavy (non-hydrogen) atoms. The molecule has 2 aromatic rings. The number of nitrogens with zero attached hydrogens (tertiary/aromatic N) is 1. The van der Waals surface area contributed by atoms with Crippen molar-refractivity contribution in [1.82, 2.24) is 4.98 Å². The van der Waals surface area contributed by atoms with Crippen molar-refractivity contribution < 1.29 is 9.90 Å². The summed E-state index contributed by atoms with van der Waals surface area (Å²) in [4.78, 5) is 16.0. The van der Waals surface area contributed by atoms with Crippen molar-refractivity contribution in [3.8, 4) is 0 Å². The van der Waals surface area contributed by atoms with E-state index in [-0.39, 0.29) is 5.69 Å². The van der Waals surface area contributed by atoms with Crippen molar-refractivity contribution in [3.05, 3.63) is 44.8 Å². The average molecular weight is 327 g/mol. The van der Waals surface area contributed by atoms with Gasteiger partial charge in [-0.2, -0.15) is 0 Å². The number of carboxylic acid groups (broad SMARTS) is 1. The fourth-order valence-corrected chi connectivity index (χ4v) is 3.01. The number of hydrogen-bond acceptors (Lipinski definition) is 4. The molecular formula is C12H11BrN2O2S. The number of pyridine rings is 1. The summed E-state index contributed by atoms with van der Waals surface area (Å²) in [6, 6.07) is 7.50. The van der Waals surface area contributed by atoms with Crippen LogP contribution in [0.4, 0.5) is 5.69 Å². The maximum atomic E-state index is 11.0. The van der Waals surface area contributed by atoms with E-state index >= 15 is 0 Å². The van der Waals surface area contributed by atoms with Crippen molar-refractivity contribution in [2.45, 2.75) is 6.42 Å². The van der Waals surface area contributed by atoms with E-state index in [1.165, 1.54) is 11.1 Å². The molecule has 94 valence electrons. The van der Waals surface area contributed by atoms with E-state index < -0.39 is 5.97 Å². The van der Waals surface area contributed by atoms with Gasteiger partial charge in [0.05, 0.1) is 9.47 Å². The number of anilines is 1. The summed E-state index contributed by atoms with van der Waals surface area (Å²) in [7, 11) is 0. The number of aromatic nitrogens is 1. The van der Waals surface area contributed by atoms with Crippen LogP contribution in [0.2, 0.25) is 0 Å². The van der Waals surface area contributed by atoms with E-state index in [0.717, 1.165) is 10.2 Å². The lowest BCUT2D eigenvalue weighted by Gasteiger charge is -2.07. The van der Waals surface area contributed by atoms with Crippen LogP contribution in [0.15, 0.2) is 34.2 Å². The van der Waals surface area contributed by atoms with Gasteiger partial charge in [-0.25, -0.2) is 9.78 Å². The Bertz CT molecular complexity index is 557. The van der Waals surface area contributed by atoms with E-state index in [9.17, 15) is 4.79 Å². The zero-order valence-corrected chi connectivity index (χ0v) is 11.8. The first kappa shape index (κ1) is 13.0. The molecule has 0 amide bonds. The summed E-state index contributed by atoms with van der Waals surface area (Å²) >= 11 is 5.09. The Kier molecular flexibility index (Phi) is 4.33. The Morgan fingerprint density at radius 1 is 1.44 bits per heavy atom. The predicted molar refractivity (Wildman–Crippen MR) is 75.4 cm³/mol. The molecular weight excluding hydrogens is 316 g/mol. The van der Waals surface area contributed by atoms with Crippen molar-refractivity contribution >= 4 is 38.9 Å². The quantitative estimate of drug-likeness (QED) is 0.885. The minimum absolute atomic E-state index is 0.0601. The van der Waals surface area contributed by atoms with Crippen LogP contribution >= 0.6 is 27.3 Å². The molecule has 0 aliphatic heterocycles. The van der Waals surface area contributed by atoms with Crippen molar-refractivity contribution in [2.75, 3.05) is 11.9 Å². The first-order valence-electron chi connectivity index (χ1n) is 5.33. The third kappa shape index (κ3) is 3.30. The highest BCUT2D eigenvalue weighted by Gasteiger charge is 2.10. The molecule has 0 aliphatic carbocycles. The second-order valence-electron chi connectivity index (χ2n) is 3.59. The van der Waals surface area contributed by atoms with Gasteiger partial charge in [-0.1, -0.05) is 0 Å². The molecule has 2 rings (SSSR count). The first-order valence-corrected chi connectivity index (χ1v) is 6.94. The van der Waals surface area contributed by atoms with Crippen LogP contribution in [0.5, 0.6) is 0 Å². The van der Waals surface area contributed by atoms with Crippen LogP contribution in [0, 0.1) is 0 Å². The molecule has 0 aromatic carbocycles. The monoisotopic (exact) mass is 326 g/mol. The Morgan fingerprint density at radius 3 is 2.94 bits per heavy atom. The molecule has 0 spiro atoms. The zero-order valence-electron chi connectivity index (χ0n) is 9.39. The molecule has 2 aromatic heterocycles. The lowest BCUT2D eigenvalue weighted by molar-refractivity contribution is 0.0691. The molecule has 0 saturated heterocycles. The molecule has 0 saturated carbocycles. The predicted octanol–water partition coefficient (Wildman–Crippen LogP) is 3.26. The highest BCUT2D eigenvalue weighted by Crippen LogP contribution is 2.22. The SMILES string of the molecule is O=C(O)c1ncccc1NCCc1ccc(Br)s1. The lowest BCUT2D eigenvalue weighted by atomic mass is 10.2. The van der Waals surface area contributed by atoms with Gasteiger partial charge in [-0.05, 0) is 46.6 Å². The second kappa shape index (κ2) is 5.97. The first-order chi connectivity index (χ1) is 8.66. The fraction of sp³-hybridized carbons (Fsp3) is 0.167. The van der Waals surface area contributed by atoms with Gasteiger partial charge in [0.25, 0.3) is 0 Å². The number of thiophene rings is 1. The highest BCUT2D eigenvalue weighted by atomic mass is 79.9. The Hall–Kier alpha value is -1.40. The van der Waals surface area contributed by atoms with Gasteiger partial charge in [0.2, 0.25) is 0 Å². The Morgan fingerprint density at radius 2 is 2.28 bits per heavy atom. The van der Waals surface area contributed by atoms with Gasteiger partial charge >= 0.3 is 5.97 Å². The molecule has 2 heterocycles. The summed E-state index contributed by atoms with van der Waals surface area (Å²) in [6.07, 6.45) is 2.33. The maximum absolute atomic E-state index is 11.0. The third-order valence-corrected chi connectivity index (χ3v) is 4.01. The zero-order chi connectivity index (χ0) is 13.0. The summed E-state index contributed by atoms with van der Waals surface area (Å²) in [6.45, 7) is 0.679. The number of aromatic carboxylic acids is 1. The molecule has 2 N–H and O–H groups in total. The number of hydrogen-bond donors (Lipinski definition) is 2. The van der Waals surface area contributed by atoms with E-state index in [1.54, 1.807) is 23.5 Å². The van der Waals surface area contributed by atoms with Gasteiger partial charge in [0, 0.05) is 17.6 Å².